The summed E-state index contributed by atoms with van der Waals surface area (Å²) >= 11 is 0. The average Bonchev–Trinajstić information content (AvgIpc) is 2.42. The van der Waals surface area contributed by atoms with Gasteiger partial charge in [-0.1, -0.05) is 24.3 Å². The van der Waals surface area contributed by atoms with Gasteiger partial charge in [-0.05, 0) is 37.5 Å². The molecule has 0 aliphatic carbocycles. The molecule has 0 bridgehead atoms. The van der Waals surface area contributed by atoms with E-state index in [-0.39, 0.29) is 11.3 Å². The Morgan fingerprint density at radius 3 is 2.50 bits per heavy atom. The Morgan fingerprint density at radius 2 is 1.95 bits per heavy atom. The number of benzene rings is 1. The minimum Gasteiger partial charge on any atom is -0.481 e. The van der Waals surface area contributed by atoms with Crippen LogP contribution in [0.25, 0.3) is 0 Å². The molecule has 0 fully saturated rings. The topological polar surface area (TPSA) is 83.5 Å². The van der Waals surface area contributed by atoms with E-state index in [1.807, 2.05) is 19.1 Å². The number of carboxylic acids is 1. The van der Waals surface area contributed by atoms with E-state index in [9.17, 15) is 13.2 Å². The van der Waals surface area contributed by atoms with Crippen molar-refractivity contribution < 1.29 is 18.3 Å². The molecule has 0 aromatic heterocycles. The maximum absolute atomic E-state index is 11.9. The number of carbonyl (C=O) groups is 1. The van der Waals surface area contributed by atoms with E-state index in [4.69, 9.17) is 5.11 Å². The maximum Gasteiger partial charge on any atom is 0.303 e. The van der Waals surface area contributed by atoms with Crippen molar-refractivity contribution in [2.24, 2.45) is 0 Å². The summed E-state index contributed by atoms with van der Waals surface area (Å²) in [4.78, 5) is 10.7. The van der Waals surface area contributed by atoms with Gasteiger partial charge in [0.15, 0.2) is 0 Å². The Morgan fingerprint density at radius 1 is 1.30 bits per heavy atom. The number of nitrogens with one attached hydrogen (secondary N) is 1. The number of allylic oxidation sites excluding steroid dienone is 1. The van der Waals surface area contributed by atoms with Gasteiger partial charge in [0, 0.05) is 13.0 Å². The summed E-state index contributed by atoms with van der Waals surface area (Å²) in [7, 11) is -3.49. The van der Waals surface area contributed by atoms with E-state index < -0.39 is 16.0 Å². The molecule has 1 aromatic rings. The van der Waals surface area contributed by atoms with Crippen molar-refractivity contribution in [3.63, 3.8) is 0 Å². The van der Waals surface area contributed by atoms with Gasteiger partial charge >= 0.3 is 5.97 Å². The molecule has 0 unspecified atom stereocenters. The fourth-order valence-electron chi connectivity index (χ4n) is 1.61. The molecule has 1 aromatic carbocycles. The second-order valence-corrected chi connectivity index (χ2v) is 6.06. The van der Waals surface area contributed by atoms with Crippen LogP contribution in [0.3, 0.4) is 0 Å². The van der Waals surface area contributed by atoms with E-state index in [0.717, 1.165) is 5.56 Å². The van der Waals surface area contributed by atoms with Gasteiger partial charge in [-0.25, -0.2) is 13.1 Å². The molecule has 0 spiro atoms. The Labute approximate surface area is 119 Å². The Balaban J connectivity index is 2.64. The third kappa shape index (κ3) is 5.54. The summed E-state index contributed by atoms with van der Waals surface area (Å²) in [5.74, 6) is -0.868. The van der Waals surface area contributed by atoms with Crippen LogP contribution >= 0.6 is 0 Å². The first-order chi connectivity index (χ1) is 9.45. The van der Waals surface area contributed by atoms with Crippen molar-refractivity contribution in [3.05, 3.63) is 42.0 Å². The quantitative estimate of drug-likeness (QED) is 0.567. The molecular weight excluding hydrogens is 278 g/mol. The zero-order valence-electron chi connectivity index (χ0n) is 11.4. The SMILES string of the molecule is C/C=C/CCNS(=O)(=O)c1ccc(CCC(=O)O)cc1. The second-order valence-electron chi connectivity index (χ2n) is 4.29. The number of aryl methyl sites for hydroxylation is 1. The zero-order valence-corrected chi connectivity index (χ0v) is 12.2. The van der Waals surface area contributed by atoms with Gasteiger partial charge in [0.2, 0.25) is 10.0 Å². The molecule has 0 aliphatic rings. The van der Waals surface area contributed by atoms with Crippen LogP contribution in [0.1, 0.15) is 25.3 Å². The van der Waals surface area contributed by atoms with E-state index >= 15 is 0 Å². The van der Waals surface area contributed by atoms with Crippen molar-refractivity contribution in [1.82, 2.24) is 4.72 Å². The monoisotopic (exact) mass is 297 g/mol. The van der Waals surface area contributed by atoms with Gasteiger partial charge in [-0.15, -0.1) is 0 Å². The van der Waals surface area contributed by atoms with Crippen molar-refractivity contribution >= 4 is 16.0 Å². The van der Waals surface area contributed by atoms with Crippen LogP contribution in [-0.2, 0) is 21.2 Å². The number of hydrogen-bond donors (Lipinski definition) is 2. The van der Waals surface area contributed by atoms with Gasteiger partial charge < -0.3 is 5.11 Å². The summed E-state index contributed by atoms with van der Waals surface area (Å²) in [6.45, 7) is 2.23. The minimum atomic E-state index is -3.49. The van der Waals surface area contributed by atoms with Crippen molar-refractivity contribution in [1.29, 1.82) is 0 Å². The van der Waals surface area contributed by atoms with E-state index in [1.54, 1.807) is 12.1 Å². The number of sulfonamides is 1. The first-order valence-electron chi connectivity index (χ1n) is 6.37. The van der Waals surface area contributed by atoms with Crippen LogP contribution in [0.2, 0.25) is 0 Å². The standard InChI is InChI=1S/C14H19NO4S/c1-2-3-4-11-15-20(18,19)13-8-5-12(6-9-13)7-10-14(16)17/h2-3,5-6,8-9,15H,4,7,10-11H2,1H3,(H,16,17)/b3-2+. The Kier molecular flexibility index (Phi) is 6.41. The lowest BCUT2D eigenvalue weighted by Gasteiger charge is -2.06. The summed E-state index contributed by atoms with van der Waals surface area (Å²) in [5, 5.41) is 8.59. The van der Waals surface area contributed by atoms with Crippen molar-refractivity contribution in [3.8, 4) is 0 Å². The third-order valence-electron chi connectivity index (χ3n) is 2.70. The average molecular weight is 297 g/mol. The van der Waals surface area contributed by atoms with E-state index in [2.05, 4.69) is 4.72 Å². The lowest BCUT2D eigenvalue weighted by Crippen LogP contribution is -2.24. The van der Waals surface area contributed by atoms with Gasteiger partial charge in [-0.2, -0.15) is 0 Å². The lowest BCUT2D eigenvalue weighted by molar-refractivity contribution is -0.136. The van der Waals surface area contributed by atoms with Crippen LogP contribution in [0.4, 0.5) is 0 Å². The van der Waals surface area contributed by atoms with E-state index in [0.29, 0.717) is 19.4 Å². The van der Waals surface area contributed by atoms with Gasteiger partial charge in [0.1, 0.15) is 0 Å². The largest absolute Gasteiger partial charge is 0.481 e. The van der Waals surface area contributed by atoms with Gasteiger partial charge in [0.25, 0.3) is 0 Å². The van der Waals surface area contributed by atoms with Crippen LogP contribution in [0, 0.1) is 0 Å². The van der Waals surface area contributed by atoms with Crippen molar-refractivity contribution in [2.75, 3.05) is 6.54 Å². The highest BCUT2D eigenvalue weighted by Crippen LogP contribution is 2.11. The number of rotatable bonds is 8. The predicted molar refractivity (Wildman–Crippen MR) is 77.0 cm³/mol. The van der Waals surface area contributed by atoms with Gasteiger partial charge in [0.05, 0.1) is 4.90 Å². The highest BCUT2D eigenvalue weighted by atomic mass is 32.2. The van der Waals surface area contributed by atoms with Crippen LogP contribution in [-0.4, -0.2) is 26.0 Å². The van der Waals surface area contributed by atoms with Crippen molar-refractivity contribution in [2.45, 2.75) is 31.1 Å². The molecule has 20 heavy (non-hydrogen) atoms. The Bertz CT molecular complexity index is 561. The summed E-state index contributed by atoms with van der Waals surface area (Å²) < 4.78 is 26.4. The molecule has 0 heterocycles. The molecule has 0 aliphatic heterocycles. The second kappa shape index (κ2) is 7.81. The fourth-order valence-corrected chi connectivity index (χ4v) is 2.66. The lowest BCUT2D eigenvalue weighted by atomic mass is 10.1. The molecule has 0 saturated heterocycles. The minimum absolute atomic E-state index is 0.0354. The van der Waals surface area contributed by atoms with Gasteiger partial charge in [-0.3, -0.25) is 4.79 Å². The van der Waals surface area contributed by atoms with Crippen LogP contribution < -0.4 is 4.72 Å². The molecule has 5 nitrogen and oxygen atoms in total. The smallest absolute Gasteiger partial charge is 0.303 e. The molecule has 0 amide bonds. The molecule has 0 radical (unpaired) electrons. The Hall–Kier alpha value is -1.66. The summed E-state index contributed by atoms with van der Waals surface area (Å²) in [6.07, 6.45) is 4.83. The summed E-state index contributed by atoms with van der Waals surface area (Å²) in [5.41, 5.74) is 0.806. The maximum atomic E-state index is 11.9. The number of hydrogen-bond acceptors (Lipinski definition) is 3. The highest BCUT2D eigenvalue weighted by molar-refractivity contribution is 7.89. The third-order valence-corrected chi connectivity index (χ3v) is 4.18. The first-order valence-corrected chi connectivity index (χ1v) is 7.85. The zero-order chi connectivity index (χ0) is 15.0. The first kappa shape index (κ1) is 16.4. The normalized spacial score (nSPS) is 11.8. The number of aliphatic carboxylic acids is 1. The highest BCUT2D eigenvalue weighted by Gasteiger charge is 2.12. The summed E-state index contributed by atoms with van der Waals surface area (Å²) in [6, 6.07) is 6.28. The molecule has 1 rings (SSSR count). The molecule has 2 N–H and O–H groups in total. The number of carboxylic acid groups (broad SMARTS) is 1. The molecule has 6 heteroatoms. The van der Waals surface area contributed by atoms with Crippen LogP contribution in [0.5, 0.6) is 0 Å². The fraction of sp³-hybridized carbons (Fsp3) is 0.357. The van der Waals surface area contributed by atoms with E-state index in [1.165, 1.54) is 12.1 Å². The molecular formula is C14H19NO4S. The molecule has 0 atom stereocenters. The predicted octanol–water partition coefficient (Wildman–Crippen LogP) is 1.95. The van der Waals surface area contributed by atoms with Crippen LogP contribution in [0.15, 0.2) is 41.3 Å². The molecule has 110 valence electrons. The molecule has 0 saturated carbocycles.